The Bertz CT molecular complexity index is 1290. The minimum atomic E-state index is 0.102. The smallest absolute Gasteiger partial charge is 0.219 e. The Labute approximate surface area is 185 Å². The van der Waals surface area contributed by atoms with Gasteiger partial charge in [0.1, 0.15) is 5.82 Å². The molecule has 1 aliphatic heterocycles. The molecule has 9 heteroatoms. The van der Waals surface area contributed by atoms with Gasteiger partial charge in [0, 0.05) is 43.5 Å². The lowest BCUT2D eigenvalue weighted by Gasteiger charge is -2.38. The maximum Gasteiger partial charge on any atom is 0.219 e. The molecule has 5 heterocycles. The second-order valence-electron chi connectivity index (χ2n) is 8.40. The third-order valence-electron chi connectivity index (χ3n) is 5.75. The number of anilines is 2. The number of hydrogen-bond acceptors (Lipinski definition) is 7. The Morgan fingerprint density at radius 2 is 1.91 bits per heavy atom. The van der Waals surface area contributed by atoms with E-state index in [4.69, 9.17) is 4.98 Å². The van der Waals surface area contributed by atoms with Gasteiger partial charge in [-0.25, -0.2) is 4.98 Å². The summed E-state index contributed by atoms with van der Waals surface area (Å²) in [6, 6.07) is 8.03. The molecule has 0 aliphatic carbocycles. The highest BCUT2D eigenvalue weighted by atomic mass is 16.2. The minimum absolute atomic E-state index is 0.102. The zero-order valence-electron chi connectivity index (χ0n) is 18.2. The van der Waals surface area contributed by atoms with E-state index in [9.17, 15) is 4.79 Å². The monoisotopic (exact) mass is 428 g/mol. The van der Waals surface area contributed by atoms with Gasteiger partial charge in [-0.2, -0.15) is 10.2 Å². The zero-order chi connectivity index (χ0) is 22.2. The van der Waals surface area contributed by atoms with Gasteiger partial charge >= 0.3 is 0 Å². The van der Waals surface area contributed by atoms with Crippen LogP contribution < -0.4 is 5.32 Å². The lowest BCUT2D eigenvalue weighted by atomic mass is 10.1. The molecule has 162 valence electrons. The number of rotatable bonds is 5. The average molecular weight is 429 g/mol. The highest BCUT2D eigenvalue weighted by Crippen LogP contribution is 2.26. The fourth-order valence-electron chi connectivity index (χ4n) is 3.69. The van der Waals surface area contributed by atoms with Crippen LogP contribution in [0.25, 0.3) is 22.2 Å². The van der Waals surface area contributed by atoms with Gasteiger partial charge in [-0.15, -0.1) is 5.10 Å². The second kappa shape index (κ2) is 7.99. The van der Waals surface area contributed by atoms with E-state index in [2.05, 4.69) is 39.4 Å². The molecule has 32 heavy (non-hydrogen) atoms. The number of carbonyl (C=O) groups is 1. The van der Waals surface area contributed by atoms with E-state index in [-0.39, 0.29) is 11.9 Å². The first-order chi connectivity index (χ1) is 15.5. The molecular weight excluding hydrogens is 404 g/mol. The highest BCUT2D eigenvalue weighted by molar-refractivity contribution is 5.81. The van der Waals surface area contributed by atoms with E-state index in [0.29, 0.717) is 30.6 Å². The van der Waals surface area contributed by atoms with Gasteiger partial charge in [-0.1, -0.05) is 13.8 Å². The Hall–Kier alpha value is -3.88. The van der Waals surface area contributed by atoms with E-state index < -0.39 is 0 Å². The van der Waals surface area contributed by atoms with Crippen molar-refractivity contribution >= 4 is 28.6 Å². The molecule has 4 aromatic heterocycles. The number of pyridine rings is 2. The van der Waals surface area contributed by atoms with Crippen LogP contribution in [0.3, 0.4) is 0 Å². The Balaban J connectivity index is 1.37. The van der Waals surface area contributed by atoms with Crippen molar-refractivity contribution in [3.05, 3.63) is 54.6 Å². The van der Waals surface area contributed by atoms with Crippen molar-refractivity contribution < 1.29 is 4.79 Å². The number of fused-ring (bicyclic) bond motifs is 1. The van der Waals surface area contributed by atoms with Gasteiger partial charge in [0.2, 0.25) is 5.91 Å². The average Bonchev–Trinajstić information content (AvgIpc) is 3.21. The zero-order valence-corrected chi connectivity index (χ0v) is 18.2. The summed E-state index contributed by atoms with van der Waals surface area (Å²) in [7, 11) is 0. The normalized spacial score (nSPS) is 14.1. The Kier molecular flexibility index (Phi) is 5.01. The Morgan fingerprint density at radius 3 is 2.69 bits per heavy atom. The third-order valence-corrected chi connectivity index (χ3v) is 5.75. The molecule has 5 rings (SSSR count). The summed E-state index contributed by atoms with van der Waals surface area (Å²) in [6.07, 6.45) is 7.44. The SMILES string of the molecule is CC(=O)N1CC(n2cc(-c3cnc4ccc(Nc5cc(C(C)C)cnn5)nc4c3)cn2)C1. The van der Waals surface area contributed by atoms with Crippen molar-refractivity contribution in [2.45, 2.75) is 32.7 Å². The summed E-state index contributed by atoms with van der Waals surface area (Å²) in [4.78, 5) is 22.5. The number of amides is 1. The van der Waals surface area contributed by atoms with Crippen molar-refractivity contribution in [1.82, 2.24) is 34.8 Å². The van der Waals surface area contributed by atoms with E-state index in [1.807, 2.05) is 52.4 Å². The van der Waals surface area contributed by atoms with Crippen LogP contribution in [0.2, 0.25) is 0 Å². The van der Waals surface area contributed by atoms with Gasteiger partial charge in [0.15, 0.2) is 5.82 Å². The van der Waals surface area contributed by atoms with Crippen LogP contribution in [0.1, 0.15) is 38.3 Å². The van der Waals surface area contributed by atoms with Crippen LogP contribution in [-0.2, 0) is 4.79 Å². The molecule has 0 unspecified atom stereocenters. The van der Waals surface area contributed by atoms with Crippen LogP contribution in [0.5, 0.6) is 0 Å². The maximum atomic E-state index is 11.4. The molecular formula is C23H24N8O. The van der Waals surface area contributed by atoms with Crippen LogP contribution in [0.15, 0.2) is 49.1 Å². The quantitative estimate of drug-likeness (QED) is 0.519. The number of carbonyl (C=O) groups excluding carboxylic acids is 1. The number of nitrogens with zero attached hydrogens (tertiary/aromatic N) is 7. The number of hydrogen-bond donors (Lipinski definition) is 1. The Morgan fingerprint density at radius 1 is 1.06 bits per heavy atom. The van der Waals surface area contributed by atoms with Crippen LogP contribution in [0, 0.1) is 0 Å². The second-order valence-corrected chi connectivity index (χ2v) is 8.40. The topological polar surface area (TPSA) is 102 Å². The predicted octanol–water partition coefficient (Wildman–Crippen LogP) is 3.55. The molecule has 1 saturated heterocycles. The fraction of sp³-hybridized carbons (Fsp3) is 0.304. The molecule has 0 radical (unpaired) electrons. The van der Waals surface area contributed by atoms with Crippen LogP contribution in [-0.4, -0.2) is 53.8 Å². The molecule has 0 aromatic carbocycles. The predicted molar refractivity (Wildman–Crippen MR) is 121 cm³/mol. The lowest BCUT2D eigenvalue weighted by molar-refractivity contribution is -0.134. The first-order valence-electron chi connectivity index (χ1n) is 10.6. The molecule has 0 saturated carbocycles. The highest BCUT2D eigenvalue weighted by Gasteiger charge is 2.30. The molecule has 1 N–H and O–H groups in total. The molecule has 1 amide bonds. The number of nitrogens with one attached hydrogen (secondary N) is 1. The van der Waals surface area contributed by atoms with E-state index >= 15 is 0 Å². The van der Waals surface area contributed by atoms with Gasteiger partial charge in [0.25, 0.3) is 0 Å². The minimum Gasteiger partial charge on any atom is -0.339 e. The van der Waals surface area contributed by atoms with Crippen molar-refractivity contribution in [1.29, 1.82) is 0 Å². The van der Waals surface area contributed by atoms with Gasteiger partial charge in [-0.05, 0) is 35.7 Å². The molecule has 9 nitrogen and oxygen atoms in total. The summed E-state index contributed by atoms with van der Waals surface area (Å²) in [5, 5.41) is 16.0. The largest absolute Gasteiger partial charge is 0.339 e. The van der Waals surface area contributed by atoms with Gasteiger partial charge in [0.05, 0.1) is 29.5 Å². The van der Waals surface area contributed by atoms with Crippen molar-refractivity contribution in [2.24, 2.45) is 0 Å². The molecule has 0 bridgehead atoms. The lowest BCUT2D eigenvalue weighted by Crippen LogP contribution is -2.49. The van der Waals surface area contributed by atoms with Gasteiger partial charge in [-0.3, -0.25) is 14.5 Å². The molecule has 0 spiro atoms. The summed E-state index contributed by atoms with van der Waals surface area (Å²) >= 11 is 0. The molecule has 1 fully saturated rings. The van der Waals surface area contributed by atoms with Crippen LogP contribution >= 0.6 is 0 Å². The van der Waals surface area contributed by atoms with E-state index in [1.165, 1.54) is 0 Å². The van der Waals surface area contributed by atoms with Crippen molar-refractivity contribution in [2.75, 3.05) is 18.4 Å². The molecule has 4 aromatic rings. The van der Waals surface area contributed by atoms with Crippen LogP contribution in [0.4, 0.5) is 11.6 Å². The maximum absolute atomic E-state index is 11.4. The van der Waals surface area contributed by atoms with E-state index in [0.717, 1.165) is 27.7 Å². The standard InChI is InChI=1S/C23H24N8O/c1-14(2)16-7-23(29-25-9-16)28-22-5-4-20-21(27-22)6-17(8-24-20)18-10-26-31(11-18)19-12-30(13-19)15(3)32/h4-11,14,19H,12-13H2,1-3H3,(H,27,28,29). The van der Waals surface area contributed by atoms with E-state index in [1.54, 1.807) is 13.1 Å². The summed E-state index contributed by atoms with van der Waals surface area (Å²) in [6.45, 7) is 7.23. The number of aromatic nitrogens is 6. The molecule has 1 aliphatic rings. The summed E-state index contributed by atoms with van der Waals surface area (Å²) in [5.74, 6) is 1.81. The summed E-state index contributed by atoms with van der Waals surface area (Å²) < 4.78 is 1.92. The molecule has 0 atom stereocenters. The first-order valence-corrected chi connectivity index (χ1v) is 10.6. The first kappa shape index (κ1) is 20.0. The van der Waals surface area contributed by atoms with Crippen molar-refractivity contribution in [3.8, 4) is 11.1 Å². The van der Waals surface area contributed by atoms with Gasteiger partial charge < -0.3 is 10.2 Å². The third kappa shape index (κ3) is 3.89. The number of likely N-dealkylation sites (tertiary alicyclic amines) is 1. The fourth-order valence-corrected chi connectivity index (χ4v) is 3.69. The summed E-state index contributed by atoms with van der Waals surface area (Å²) in [5.41, 5.74) is 4.61. The van der Waals surface area contributed by atoms with Crippen molar-refractivity contribution in [3.63, 3.8) is 0 Å².